The molecule has 1 N–H and O–H groups in total. The van der Waals surface area contributed by atoms with E-state index >= 15 is 0 Å². The second kappa shape index (κ2) is 11.5. The lowest BCUT2D eigenvalue weighted by atomic mass is 10.1. The lowest BCUT2D eigenvalue weighted by molar-refractivity contribution is -0.120. The molecule has 0 atom stereocenters. The zero-order chi connectivity index (χ0) is 23.8. The molecular weight excluding hydrogens is 422 g/mol. The molecule has 4 rings (SSSR count). The predicted molar refractivity (Wildman–Crippen MR) is 137 cm³/mol. The molecule has 0 saturated heterocycles. The maximum absolute atomic E-state index is 12.4. The fourth-order valence-corrected chi connectivity index (χ4v) is 4.20. The summed E-state index contributed by atoms with van der Waals surface area (Å²) in [7, 11) is 0. The van der Waals surface area contributed by atoms with Crippen LogP contribution in [-0.2, 0) is 24.2 Å². The number of benzene rings is 3. The first kappa shape index (κ1) is 23.6. The number of fused-ring (bicyclic) bond motifs is 1. The van der Waals surface area contributed by atoms with Gasteiger partial charge in [0.05, 0.1) is 24.1 Å². The zero-order valence-electron chi connectivity index (χ0n) is 20.1. The Kier molecular flexibility index (Phi) is 7.97. The van der Waals surface area contributed by atoms with Gasteiger partial charge in [-0.2, -0.15) is 0 Å². The van der Waals surface area contributed by atoms with Crippen molar-refractivity contribution in [3.63, 3.8) is 0 Å². The van der Waals surface area contributed by atoms with Crippen molar-refractivity contribution >= 4 is 16.9 Å². The Bertz CT molecular complexity index is 1250. The molecule has 0 spiro atoms. The number of carbonyl (C=O) groups is 1. The number of hydrogen-bond acceptors (Lipinski definition) is 3. The minimum atomic E-state index is 0.0658. The summed E-state index contributed by atoms with van der Waals surface area (Å²) >= 11 is 0. The van der Waals surface area contributed by atoms with Crippen molar-refractivity contribution in [1.29, 1.82) is 0 Å². The average molecular weight is 456 g/mol. The highest BCUT2D eigenvalue weighted by Gasteiger charge is 2.11. The van der Waals surface area contributed by atoms with Crippen LogP contribution in [0.4, 0.5) is 0 Å². The fraction of sp³-hybridized carbons (Fsp3) is 0.310. The van der Waals surface area contributed by atoms with Crippen LogP contribution in [0.3, 0.4) is 0 Å². The quantitative estimate of drug-likeness (QED) is 0.308. The highest BCUT2D eigenvalue weighted by molar-refractivity contribution is 5.79. The van der Waals surface area contributed by atoms with Crippen LogP contribution in [0.25, 0.3) is 11.0 Å². The third kappa shape index (κ3) is 6.25. The number of rotatable bonds is 11. The number of nitrogens with zero attached hydrogens (tertiary/aromatic N) is 2. The number of amides is 1. The van der Waals surface area contributed by atoms with Crippen molar-refractivity contribution in [2.45, 2.75) is 46.1 Å². The monoisotopic (exact) mass is 455 g/mol. The molecule has 1 heterocycles. The maximum atomic E-state index is 12.4. The van der Waals surface area contributed by atoms with Crippen LogP contribution in [0.15, 0.2) is 72.8 Å². The van der Waals surface area contributed by atoms with E-state index in [1.165, 1.54) is 5.56 Å². The lowest BCUT2D eigenvalue weighted by Crippen LogP contribution is -2.26. The third-order valence-corrected chi connectivity index (χ3v) is 6.03. The number of para-hydroxylation sites is 2. The van der Waals surface area contributed by atoms with Crippen LogP contribution in [-0.4, -0.2) is 28.6 Å². The predicted octanol–water partition coefficient (Wildman–Crippen LogP) is 5.41. The number of aromatic nitrogens is 2. The van der Waals surface area contributed by atoms with Gasteiger partial charge in [0.25, 0.3) is 0 Å². The Hall–Kier alpha value is -3.60. The van der Waals surface area contributed by atoms with Gasteiger partial charge in [-0.3, -0.25) is 4.79 Å². The Morgan fingerprint density at radius 1 is 0.971 bits per heavy atom. The van der Waals surface area contributed by atoms with Gasteiger partial charge >= 0.3 is 0 Å². The normalized spacial score (nSPS) is 11.0. The molecule has 0 unspecified atom stereocenters. The summed E-state index contributed by atoms with van der Waals surface area (Å²) in [6.45, 7) is 6.26. The molecule has 0 radical (unpaired) electrons. The Morgan fingerprint density at radius 3 is 2.65 bits per heavy atom. The zero-order valence-corrected chi connectivity index (χ0v) is 20.1. The number of imidazole rings is 1. The molecule has 0 aliphatic rings. The second-order valence-electron chi connectivity index (χ2n) is 8.74. The Morgan fingerprint density at radius 2 is 1.79 bits per heavy atom. The molecule has 0 bridgehead atoms. The summed E-state index contributed by atoms with van der Waals surface area (Å²) in [5.41, 5.74) is 5.59. The summed E-state index contributed by atoms with van der Waals surface area (Å²) in [5.74, 6) is 2.04. The molecule has 4 aromatic rings. The van der Waals surface area contributed by atoms with E-state index in [-0.39, 0.29) is 5.91 Å². The topological polar surface area (TPSA) is 56.1 Å². The van der Waals surface area contributed by atoms with Crippen LogP contribution in [0.1, 0.15) is 35.4 Å². The molecule has 5 nitrogen and oxygen atoms in total. The molecule has 5 heteroatoms. The van der Waals surface area contributed by atoms with Crippen molar-refractivity contribution in [3.8, 4) is 5.75 Å². The van der Waals surface area contributed by atoms with Crippen molar-refractivity contribution in [3.05, 3.63) is 95.3 Å². The lowest BCUT2D eigenvalue weighted by Gasteiger charge is -2.11. The number of carbonyl (C=O) groups excluding carboxylic acids is 1. The Balaban J connectivity index is 1.30. The van der Waals surface area contributed by atoms with Gasteiger partial charge in [0, 0.05) is 19.5 Å². The van der Waals surface area contributed by atoms with E-state index in [4.69, 9.17) is 9.72 Å². The first-order valence-corrected chi connectivity index (χ1v) is 12.0. The van der Waals surface area contributed by atoms with E-state index in [0.717, 1.165) is 59.5 Å². The van der Waals surface area contributed by atoms with E-state index in [0.29, 0.717) is 19.6 Å². The summed E-state index contributed by atoms with van der Waals surface area (Å²) in [6, 6.07) is 24.4. The fourth-order valence-electron chi connectivity index (χ4n) is 4.20. The highest BCUT2D eigenvalue weighted by Crippen LogP contribution is 2.18. The van der Waals surface area contributed by atoms with Crippen molar-refractivity contribution in [1.82, 2.24) is 14.9 Å². The van der Waals surface area contributed by atoms with Gasteiger partial charge in [0.1, 0.15) is 11.6 Å². The van der Waals surface area contributed by atoms with E-state index in [9.17, 15) is 4.79 Å². The van der Waals surface area contributed by atoms with Crippen LogP contribution < -0.4 is 10.1 Å². The molecule has 34 heavy (non-hydrogen) atoms. The largest absolute Gasteiger partial charge is 0.494 e. The van der Waals surface area contributed by atoms with Crippen LogP contribution in [0.2, 0.25) is 0 Å². The van der Waals surface area contributed by atoms with Crippen molar-refractivity contribution < 1.29 is 9.53 Å². The average Bonchev–Trinajstić information content (AvgIpc) is 3.18. The molecule has 176 valence electrons. The summed E-state index contributed by atoms with van der Waals surface area (Å²) in [6.07, 6.45) is 2.99. The number of aryl methyl sites for hydroxylation is 4. The Labute approximate surface area is 201 Å². The van der Waals surface area contributed by atoms with Crippen LogP contribution >= 0.6 is 0 Å². The molecule has 0 fully saturated rings. The highest BCUT2D eigenvalue weighted by atomic mass is 16.5. The van der Waals surface area contributed by atoms with Gasteiger partial charge in [0.2, 0.25) is 5.91 Å². The smallest absolute Gasteiger partial charge is 0.224 e. The van der Waals surface area contributed by atoms with Crippen molar-refractivity contribution in [2.75, 3.05) is 13.2 Å². The molecule has 1 aromatic heterocycles. The van der Waals surface area contributed by atoms with E-state index in [1.54, 1.807) is 0 Å². The molecule has 3 aromatic carbocycles. The minimum absolute atomic E-state index is 0.0658. The van der Waals surface area contributed by atoms with Gasteiger partial charge in [-0.25, -0.2) is 4.98 Å². The molecule has 0 saturated carbocycles. The summed E-state index contributed by atoms with van der Waals surface area (Å²) < 4.78 is 8.23. The van der Waals surface area contributed by atoms with Gasteiger partial charge in [0.15, 0.2) is 0 Å². The molecular formula is C29H33N3O2. The number of nitrogens with one attached hydrogen (secondary N) is 1. The van der Waals surface area contributed by atoms with Crippen LogP contribution in [0, 0.1) is 13.8 Å². The molecule has 1 amide bonds. The third-order valence-electron chi connectivity index (χ3n) is 6.03. The van der Waals surface area contributed by atoms with Gasteiger partial charge in [-0.05, 0) is 67.6 Å². The number of hydrogen-bond donors (Lipinski definition) is 1. The first-order valence-electron chi connectivity index (χ1n) is 12.0. The summed E-state index contributed by atoms with van der Waals surface area (Å²) in [5, 5.41) is 3.06. The SMILES string of the molecule is Cc1cccc(OCCCn2c(CCCNC(=O)Cc3ccccc3C)nc3ccccc32)c1. The van der Waals surface area contributed by atoms with E-state index in [2.05, 4.69) is 47.1 Å². The molecule has 0 aliphatic heterocycles. The van der Waals surface area contributed by atoms with E-state index < -0.39 is 0 Å². The first-order chi connectivity index (χ1) is 16.6. The van der Waals surface area contributed by atoms with Crippen LogP contribution in [0.5, 0.6) is 5.75 Å². The number of ether oxygens (including phenoxy) is 1. The molecule has 0 aliphatic carbocycles. The maximum Gasteiger partial charge on any atom is 0.224 e. The standard InChI is InChI=1S/C29H33N3O2/c1-22-10-7-13-25(20-22)34-19-9-18-32-27-15-6-5-14-26(27)31-28(32)16-8-17-30-29(33)21-24-12-4-3-11-23(24)2/h3-7,10-15,20H,8-9,16-19,21H2,1-2H3,(H,30,33). The van der Waals surface area contributed by atoms with Crippen molar-refractivity contribution in [2.24, 2.45) is 0 Å². The second-order valence-corrected chi connectivity index (χ2v) is 8.74. The van der Waals surface area contributed by atoms with E-state index in [1.807, 2.05) is 49.4 Å². The van der Waals surface area contributed by atoms with Gasteiger partial charge in [-0.15, -0.1) is 0 Å². The van der Waals surface area contributed by atoms with Gasteiger partial charge in [-0.1, -0.05) is 48.5 Å². The van der Waals surface area contributed by atoms with Gasteiger partial charge < -0.3 is 14.6 Å². The minimum Gasteiger partial charge on any atom is -0.494 e. The summed E-state index contributed by atoms with van der Waals surface area (Å²) in [4.78, 5) is 17.2.